The van der Waals surface area contributed by atoms with E-state index in [1.54, 1.807) is 85.7 Å². The van der Waals surface area contributed by atoms with Crippen molar-refractivity contribution in [3.63, 3.8) is 0 Å². The van der Waals surface area contributed by atoms with E-state index in [2.05, 4.69) is 113 Å². The third-order valence-corrected chi connectivity index (χ3v) is 13.5. The van der Waals surface area contributed by atoms with Gasteiger partial charge in [0.15, 0.2) is 0 Å². The number of nitrogens with zero attached hydrogens (tertiary/aromatic N) is 8. The van der Waals surface area contributed by atoms with E-state index >= 15 is 0 Å². The third-order valence-electron chi connectivity index (χ3n) is 11.8. The SMILES string of the molecule is O=S(=O)([O-])c1cccc(N=Cc2ccccc2O)c1.O=S(=O)([O-])c1cccc(N=Cc2ccccc2O)c1.[Fe+2].c1cnc2c(c1)ccc1cccnc12.c1cnc2c(c1)ccc1cccnc12.c1cnc2c(c1)ccc1cccnc12. The fraction of sp³-hybridized carbons (Fsp3) is 0. The predicted molar refractivity (Wildman–Crippen MR) is 311 cm³/mol. The van der Waals surface area contributed by atoms with Crippen LogP contribution in [-0.4, -0.2) is 78.5 Å². The van der Waals surface area contributed by atoms with Gasteiger partial charge in [-0.15, -0.1) is 0 Å². The number of fused-ring (bicyclic) bond motifs is 9. The van der Waals surface area contributed by atoms with E-state index in [4.69, 9.17) is 0 Å². The van der Waals surface area contributed by atoms with Crippen molar-refractivity contribution in [3.05, 3.63) is 255 Å². The summed E-state index contributed by atoms with van der Waals surface area (Å²) in [7, 11) is -8.98. The van der Waals surface area contributed by atoms with Crippen molar-refractivity contribution < 1.29 is 53.2 Å². The molecule has 0 aliphatic heterocycles. The summed E-state index contributed by atoms with van der Waals surface area (Å²) < 4.78 is 65.2. The normalized spacial score (nSPS) is 11.2. The van der Waals surface area contributed by atoms with Crippen molar-refractivity contribution in [3.8, 4) is 11.5 Å². The molecule has 6 heterocycles. The molecule has 6 aromatic heterocycles. The Labute approximate surface area is 475 Å². The van der Waals surface area contributed by atoms with Crippen LogP contribution in [0.5, 0.6) is 11.5 Å². The number of benzene rings is 7. The monoisotopic (exact) mass is 1150 g/mol. The maximum absolute atomic E-state index is 10.9. The van der Waals surface area contributed by atoms with Gasteiger partial charge in [-0.1, -0.05) is 109 Å². The Morgan fingerprint density at radius 3 is 0.840 bits per heavy atom. The van der Waals surface area contributed by atoms with Gasteiger partial charge in [-0.25, -0.2) is 16.8 Å². The first kappa shape index (κ1) is 57.5. The molecule has 0 spiro atoms. The Kier molecular flexibility index (Phi) is 19.0. The summed E-state index contributed by atoms with van der Waals surface area (Å²) >= 11 is 0. The fourth-order valence-corrected chi connectivity index (χ4v) is 8.98. The van der Waals surface area contributed by atoms with E-state index in [1.807, 2.05) is 36.4 Å². The van der Waals surface area contributed by atoms with Gasteiger partial charge in [0.2, 0.25) is 0 Å². The molecule has 0 atom stereocenters. The van der Waals surface area contributed by atoms with Gasteiger partial charge in [0.1, 0.15) is 31.7 Å². The number of phenolic OH excluding ortho intramolecular Hbond substituents is 2. The van der Waals surface area contributed by atoms with Crippen molar-refractivity contribution in [1.29, 1.82) is 0 Å². The number of pyridine rings is 6. The summed E-state index contributed by atoms with van der Waals surface area (Å²) in [6.45, 7) is 0. The van der Waals surface area contributed by atoms with Gasteiger partial charge < -0.3 is 19.3 Å². The van der Waals surface area contributed by atoms with Crippen LogP contribution in [0.3, 0.4) is 0 Å². The van der Waals surface area contributed by atoms with Crippen LogP contribution in [0, 0.1) is 0 Å². The second-order valence-electron chi connectivity index (χ2n) is 17.2. The van der Waals surface area contributed by atoms with Gasteiger partial charge in [-0.3, -0.25) is 39.9 Å². The van der Waals surface area contributed by atoms with E-state index in [1.165, 1.54) is 61.0 Å². The summed E-state index contributed by atoms with van der Waals surface area (Å²) in [5, 5.41) is 25.9. The largest absolute Gasteiger partial charge is 2.00 e. The molecule has 13 rings (SSSR count). The van der Waals surface area contributed by atoms with Crippen molar-refractivity contribution in [2.75, 3.05) is 0 Å². The van der Waals surface area contributed by atoms with Crippen LogP contribution in [0.15, 0.2) is 263 Å². The van der Waals surface area contributed by atoms with Gasteiger partial charge in [0.05, 0.1) is 54.3 Å². The zero-order chi connectivity index (χ0) is 55.9. The van der Waals surface area contributed by atoms with Crippen LogP contribution in [0.25, 0.3) is 65.4 Å². The van der Waals surface area contributed by atoms with E-state index < -0.39 is 20.2 Å². The molecule has 0 fully saturated rings. The number of hydrogen-bond donors (Lipinski definition) is 2. The van der Waals surface area contributed by atoms with Gasteiger partial charge in [0.25, 0.3) is 0 Å². The number of aromatic nitrogens is 6. The quantitative estimate of drug-likeness (QED) is 0.0679. The molecular formula is C62H44FeN8O8S2. The Morgan fingerprint density at radius 1 is 0.333 bits per heavy atom. The topological polar surface area (TPSA) is 257 Å². The van der Waals surface area contributed by atoms with E-state index in [0.29, 0.717) is 22.5 Å². The molecule has 0 unspecified atom stereocenters. The van der Waals surface area contributed by atoms with E-state index in [9.17, 15) is 36.2 Å². The first-order valence-electron chi connectivity index (χ1n) is 24.3. The Bertz CT molecular complexity index is 4080. The van der Waals surface area contributed by atoms with Crippen LogP contribution in [0.1, 0.15) is 11.1 Å². The molecule has 0 amide bonds. The number of hydrogen-bond acceptors (Lipinski definition) is 16. The molecule has 2 N–H and O–H groups in total. The number of aromatic hydroxyl groups is 2. The second-order valence-corrected chi connectivity index (χ2v) is 19.9. The molecule has 0 saturated heterocycles. The molecule has 7 aromatic carbocycles. The van der Waals surface area contributed by atoms with Crippen molar-refractivity contribution >= 4 is 109 Å². The molecule has 0 radical (unpaired) electrons. The minimum absolute atomic E-state index is 0. The first-order valence-corrected chi connectivity index (χ1v) is 27.1. The molecular weight excluding hydrogens is 1100 g/mol. The summed E-state index contributed by atoms with van der Waals surface area (Å²) in [6, 6.07) is 60.4. The number of rotatable bonds is 6. The van der Waals surface area contributed by atoms with Crippen molar-refractivity contribution in [2.24, 2.45) is 9.98 Å². The first-order chi connectivity index (χ1) is 38.8. The fourth-order valence-electron chi connectivity index (χ4n) is 7.96. The Hall–Kier alpha value is -9.72. The Morgan fingerprint density at radius 2 is 0.593 bits per heavy atom. The van der Waals surface area contributed by atoms with E-state index in [-0.39, 0.29) is 38.4 Å². The van der Waals surface area contributed by atoms with Gasteiger partial charge in [-0.05, 0) is 97.1 Å². The van der Waals surface area contributed by atoms with Crippen LogP contribution in [0.4, 0.5) is 11.4 Å². The molecule has 0 bridgehead atoms. The van der Waals surface area contributed by atoms with Crippen molar-refractivity contribution in [2.45, 2.75) is 9.79 Å². The van der Waals surface area contributed by atoms with Crippen molar-refractivity contribution in [1.82, 2.24) is 29.9 Å². The summed E-state index contributed by atoms with van der Waals surface area (Å²) in [5.41, 5.74) is 7.50. The molecule has 0 saturated carbocycles. The summed E-state index contributed by atoms with van der Waals surface area (Å²) in [4.78, 5) is 33.5. The van der Waals surface area contributed by atoms with Gasteiger partial charge in [0, 0.05) is 93.1 Å². The molecule has 13 aromatic rings. The average Bonchev–Trinajstić information content (AvgIpc) is 3.66. The third kappa shape index (κ3) is 15.1. The summed E-state index contributed by atoms with van der Waals surface area (Å²) in [5.74, 6) is 0.137. The van der Waals surface area contributed by atoms with Gasteiger partial charge >= 0.3 is 17.1 Å². The van der Waals surface area contributed by atoms with E-state index in [0.717, 1.165) is 65.4 Å². The number of phenols is 2. The maximum Gasteiger partial charge on any atom is 2.00 e. The minimum atomic E-state index is -4.49. The smallest absolute Gasteiger partial charge is 0.744 e. The molecule has 0 aliphatic rings. The standard InChI is InChI=1S/2C13H11NO4S.3C12H8N2.Fe/c2*15-13-7-2-1-4-10(13)9-14-11-5-3-6-12(8-11)19(16,17)18;3*1-3-9-5-6-10-4-2-8-14-12(10)11(9)13-7-1;/h2*1-9,15H,(H,16,17,18);3*1-8H;/q;;;;;+2/p-2. The van der Waals surface area contributed by atoms with Crippen LogP contribution in [-0.2, 0) is 37.3 Å². The summed E-state index contributed by atoms with van der Waals surface area (Å²) in [6.07, 6.45) is 13.6. The molecule has 400 valence electrons. The second kappa shape index (κ2) is 26.8. The zero-order valence-corrected chi connectivity index (χ0v) is 45.1. The average molecular weight is 1150 g/mol. The minimum Gasteiger partial charge on any atom is -0.744 e. The number of aliphatic imine (C=N–C) groups is 2. The zero-order valence-electron chi connectivity index (χ0n) is 42.3. The van der Waals surface area contributed by atoms with Crippen LogP contribution < -0.4 is 0 Å². The maximum atomic E-state index is 10.9. The predicted octanol–water partition coefficient (Wildman–Crippen LogP) is 12.4. The molecule has 19 heteroatoms. The molecule has 0 aliphatic carbocycles. The van der Waals surface area contributed by atoms with Crippen LogP contribution >= 0.6 is 0 Å². The van der Waals surface area contributed by atoms with Crippen LogP contribution in [0.2, 0.25) is 0 Å². The van der Waals surface area contributed by atoms with Gasteiger partial charge in [-0.2, -0.15) is 0 Å². The molecule has 16 nitrogen and oxygen atoms in total. The Balaban J connectivity index is 0.000000133. The molecule has 81 heavy (non-hydrogen) atoms. The number of para-hydroxylation sites is 2.